The Hall–Kier alpha value is -1.75. The van der Waals surface area contributed by atoms with Crippen LogP contribution >= 0.6 is 24.0 Å². The molecule has 1 aliphatic rings. The molecule has 1 unspecified atom stereocenters. The number of amides is 1. The molecule has 2 N–H and O–H groups in total. The summed E-state index contributed by atoms with van der Waals surface area (Å²) in [6, 6.07) is 8.49. The molecule has 1 atom stereocenters. The maximum absolute atomic E-state index is 11.8. The van der Waals surface area contributed by atoms with Crippen molar-refractivity contribution in [1.82, 2.24) is 20.4 Å². The van der Waals surface area contributed by atoms with Gasteiger partial charge in [-0.15, -0.1) is 24.0 Å². The number of para-hydroxylation sites is 1. The van der Waals surface area contributed by atoms with Crippen LogP contribution in [-0.4, -0.2) is 82.4 Å². The van der Waals surface area contributed by atoms with Gasteiger partial charge in [-0.3, -0.25) is 4.99 Å². The number of rotatable bonds is 7. The van der Waals surface area contributed by atoms with Gasteiger partial charge in [-0.25, -0.2) is 4.79 Å². The number of hydrogen-bond acceptors (Lipinski definition) is 5. The van der Waals surface area contributed by atoms with Crippen molar-refractivity contribution in [1.29, 1.82) is 0 Å². The van der Waals surface area contributed by atoms with Gasteiger partial charge in [0.15, 0.2) is 5.96 Å². The highest BCUT2D eigenvalue weighted by Crippen LogP contribution is 2.27. The van der Waals surface area contributed by atoms with Crippen molar-refractivity contribution in [3.8, 4) is 5.75 Å². The first kappa shape index (κ1) is 26.3. The summed E-state index contributed by atoms with van der Waals surface area (Å²) in [7, 11) is 7.58. The molecule has 1 fully saturated rings. The highest BCUT2D eigenvalue weighted by molar-refractivity contribution is 14.0. The van der Waals surface area contributed by atoms with Crippen LogP contribution in [-0.2, 0) is 4.74 Å². The number of likely N-dealkylation sites (tertiary alicyclic amines) is 1. The van der Waals surface area contributed by atoms with E-state index in [0.717, 1.165) is 30.1 Å². The molecule has 0 bridgehead atoms. The van der Waals surface area contributed by atoms with Gasteiger partial charge in [0, 0.05) is 38.3 Å². The van der Waals surface area contributed by atoms with Crippen LogP contribution in [0.4, 0.5) is 4.79 Å². The molecule has 0 saturated carbocycles. The van der Waals surface area contributed by atoms with Gasteiger partial charge in [-0.1, -0.05) is 18.2 Å². The van der Waals surface area contributed by atoms with Crippen LogP contribution in [0.25, 0.3) is 0 Å². The van der Waals surface area contributed by atoms with E-state index < -0.39 is 0 Å². The second kappa shape index (κ2) is 13.5. The van der Waals surface area contributed by atoms with Crippen molar-refractivity contribution in [2.24, 2.45) is 4.99 Å². The van der Waals surface area contributed by atoms with Crippen LogP contribution in [0.3, 0.4) is 0 Å². The first-order chi connectivity index (χ1) is 14.0. The fourth-order valence-corrected chi connectivity index (χ4v) is 3.51. The van der Waals surface area contributed by atoms with E-state index in [0.29, 0.717) is 26.2 Å². The summed E-state index contributed by atoms with van der Waals surface area (Å²) in [4.78, 5) is 20.1. The van der Waals surface area contributed by atoms with E-state index in [-0.39, 0.29) is 42.2 Å². The fraction of sp³-hybridized carbons (Fsp3) is 0.619. The number of nitrogens with one attached hydrogen (secondary N) is 2. The molecule has 8 nitrogen and oxygen atoms in total. The third kappa shape index (κ3) is 7.50. The first-order valence-electron chi connectivity index (χ1n) is 10.2. The van der Waals surface area contributed by atoms with Gasteiger partial charge in [-0.05, 0) is 39.9 Å². The number of guanidine groups is 1. The fourth-order valence-electron chi connectivity index (χ4n) is 3.51. The normalized spacial score (nSPS) is 15.9. The summed E-state index contributed by atoms with van der Waals surface area (Å²) in [5.74, 6) is 1.64. The van der Waals surface area contributed by atoms with Gasteiger partial charge in [0.2, 0.25) is 0 Å². The molecule has 0 aromatic heterocycles. The van der Waals surface area contributed by atoms with Crippen molar-refractivity contribution in [2.75, 3.05) is 54.5 Å². The van der Waals surface area contributed by atoms with E-state index in [4.69, 9.17) is 9.47 Å². The number of benzene rings is 1. The van der Waals surface area contributed by atoms with Crippen LogP contribution < -0.4 is 15.4 Å². The minimum absolute atomic E-state index is 0. The van der Waals surface area contributed by atoms with Crippen molar-refractivity contribution in [2.45, 2.75) is 31.8 Å². The average molecular weight is 533 g/mol. The SMILES string of the molecule is CCOC(=O)N1CCC(NC(=NC)NCC(c2ccccc2OC)N(C)C)CC1.I. The average Bonchev–Trinajstić information content (AvgIpc) is 2.73. The second-order valence-electron chi connectivity index (χ2n) is 7.28. The predicted octanol–water partition coefficient (Wildman–Crippen LogP) is 2.70. The summed E-state index contributed by atoms with van der Waals surface area (Å²) in [6.07, 6.45) is 1.51. The second-order valence-corrected chi connectivity index (χ2v) is 7.28. The number of halogens is 1. The van der Waals surface area contributed by atoms with E-state index in [1.807, 2.05) is 25.1 Å². The molecule has 1 aromatic rings. The molecule has 0 aliphatic carbocycles. The Labute approximate surface area is 197 Å². The van der Waals surface area contributed by atoms with E-state index in [2.05, 4.69) is 40.7 Å². The summed E-state index contributed by atoms with van der Waals surface area (Å²) >= 11 is 0. The summed E-state index contributed by atoms with van der Waals surface area (Å²) < 4.78 is 10.6. The topological polar surface area (TPSA) is 78.4 Å². The molecule has 1 amide bonds. The smallest absolute Gasteiger partial charge is 0.409 e. The van der Waals surface area contributed by atoms with Gasteiger partial charge in [0.25, 0.3) is 0 Å². The lowest BCUT2D eigenvalue weighted by atomic mass is 10.0. The molecule has 1 aliphatic heterocycles. The van der Waals surface area contributed by atoms with Crippen molar-refractivity contribution >= 4 is 36.0 Å². The zero-order valence-corrected chi connectivity index (χ0v) is 21.0. The molecule has 1 aromatic carbocycles. The van der Waals surface area contributed by atoms with E-state index >= 15 is 0 Å². The van der Waals surface area contributed by atoms with Crippen LogP contribution in [0.5, 0.6) is 5.75 Å². The molecule has 170 valence electrons. The van der Waals surface area contributed by atoms with Gasteiger partial charge < -0.3 is 29.9 Å². The zero-order chi connectivity index (χ0) is 21.2. The Morgan fingerprint density at radius 1 is 1.30 bits per heavy atom. The molecule has 0 spiro atoms. The Kier molecular flexibility index (Phi) is 11.9. The van der Waals surface area contributed by atoms with Crippen molar-refractivity contribution in [3.63, 3.8) is 0 Å². The number of nitrogens with zero attached hydrogens (tertiary/aromatic N) is 3. The monoisotopic (exact) mass is 533 g/mol. The number of piperidine rings is 1. The molecule has 0 radical (unpaired) electrons. The maximum atomic E-state index is 11.8. The number of carbonyl (C=O) groups is 1. The lowest BCUT2D eigenvalue weighted by Gasteiger charge is -2.33. The zero-order valence-electron chi connectivity index (χ0n) is 18.7. The van der Waals surface area contributed by atoms with Crippen LogP contribution in [0.2, 0.25) is 0 Å². The molecule has 9 heteroatoms. The Bertz CT molecular complexity index is 678. The summed E-state index contributed by atoms with van der Waals surface area (Å²) in [5, 5.41) is 6.92. The van der Waals surface area contributed by atoms with Crippen molar-refractivity contribution < 1.29 is 14.3 Å². The van der Waals surface area contributed by atoms with Gasteiger partial charge in [0.1, 0.15) is 5.75 Å². The molecule has 30 heavy (non-hydrogen) atoms. The van der Waals surface area contributed by atoms with E-state index in [1.165, 1.54) is 0 Å². The number of likely N-dealkylation sites (N-methyl/N-ethyl adjacent to an activating group) is 1. The number of hydrogen-bond donors (Lipinski definition) is 2. The summed E-state index contributed by atoms with van der Waals surface area (Å²) in [5.41, 5.74) is 1.13. The largest absolute Gasteiger partial charge is 0.496 e. The number of methoxy groups -OCH3 is 1. The number of ether oxygens (including phenoxy) is 2. The lowest BCUT2D eigenvalue weighted by molar-refractivity contribution is 0.0963. The molecule has 2 rings (SSSR count). The minimum Gasteiger partial charge on any atom is -0.496 e. The summed E-state index contributed by atoms with van der Waals surface area (Å²) in [6.45, 7) is 4.31. The standard InChI is InChI=1S/C21H35N5O3.HI/c1-6-29-21(27)26-13-11-16(12-14-26)24-20(22-2)23-15-18(25(3)4)17-9-7-8-10-19(17)28-5;/h7-10,16,18H,6,11-15H2,1-5H3,(H2,22,23,24);1H. The van der Waals surface area contributed by atoms with Crippen LogP contribution in [0, 0.1) is 0 Å². The predicted molar refractivity (Wildman–Crippen MR) is 131 cm³/mol. The quantitative estimate of drug-likeness (QED) is 0.319. The van der Waals surface area contributed by atoms with Crippen molar-refractivity contribution in [3.05, 3.63) is 29.8 Å². The minimum atomic E-state index is -0.223. The molecule has 1 saturated heterocycles. The highest BCUT2D eigenvalue weighted by atomic mass is 127. The third-order valence-corrected chi connectivity index (χ3v) is 5.17. The third-order valence-electron chi connectivity index (χ3n) is 5.17. The van der Waals surface area contributed by atoms with Crippen LogP contribution in [0.15, 0.2) is 29.3 Å². The molecule has 1 heterocycles. The van der Waals surface area contributed by atoms with Crippen LogP contribution in [0.1, 0.15) is 31.4 Å². The van der Waals surface area contributed by atoms with E-state index in [9.17, 15) is 4.79 Å². The Morgan fingerprint density at radius 3 is 2.53 bits per heavy atom. The first-order valence-corrected chi connectivity index (χ1v) is 10.2. The van der Waals surface area contributed by atoms with Gasteiger partial charge >= 0.3 is 6.09 Å². The molecular formula is C21H36IN5O3. The lowest BCUT2D eigenvalue weighted by Crippen LogP contribution is -2.50. The molecular weight excluding hydrogens is 497 g/mol. The van der Waals surface area contributed by atoms with Gasteiger partial charge in [-0.2, -0.15) is 0 Å². The van der Waals surface area contributed by atoms with E-state index in [1.54, 1.807) is 19.1 Å². The van der Waals surface area contributed by atoms with Gasteiger partial charge in [0.05, 0.1) is 19.8 Å². The maximum Gasteiger partial charge on any atom is 0.409 e. The number of aliphatic imine (C=N–C) groups is 1. The Morgan fingerprint density at radius 2 is 1.97 bits per heavy atom. The Balaban J connectivity index is 0.00000450. The highest BCUT2D eigenvalue weighted by Gasteiger charge is 2.24. The number of carbonyl (C=O) groups excluding carboxylic acids is 1.